The highest BCUT2D eigenvalue weighted by Gasteiger charge is 2.57. The molecule has 4 rings (SSSR count). The van der Waals surface area contributed by atoms with Crippen molar-refractivity contribution in [2.75, 3.05) is 13.2 Å². The molecular weight excluding hydrogens is 404 g/mol. The van der Waals surface area contributed by atoms with E-state index in [1.54, 1.807) is 0 Å². The Hall–Kier alpha value is -1.95. The summed E-state index contributed by atoms with van der Waals surface area (Å²) < 4.78 is 11.3. The van der Waals surface area contributed by atoms with Crippen LogP contribution in [0.3, 0.4) is 0 Å². The number of benzene rings is 1. The van der Waals surface area contributed by atoms with Crippen LogP contribution in [0.1, 0.15) is 51.5 Å². The first kappa shape index (κ1) is 23.2. The predicted octanol–water partition coefficient (Wildman–Crippen LogP) is 4.19. The zero-order chi connectivity index (χ0) is 22.9. The first-order valence-corrected chi connectivity index (χ1v) is 11.8. The van der Waals surface area contributed by atoms with Crippen molar-refractivity contribution >= 4 is 5.97 Å². The van der Waals surface area contributed by atoms with Crippen LogP contribution < -0.4 is 0 Å². The number of esters is 1. The summed E-state index contributed by atoms with van der Waals surface area (Å²) in [4.78, 5) is 12.4. The summed E-state index contributed by atoms with van der Waals surface area (Å²) >= 11 is 0. The summed E-state index contributed by atoms with van der Waals surface area (Å²) in [5.74, 6) is 0.0963. The summed E-state index contributed by atoms with van der Waals surface area (Å²) in [5, 5.41) is 20.9. The highest BCUT2D eigenvalue weighted by atomic mass is 16.6. The Balaban J connectivity index is 1.52. The van der Waals surface area contributed by atoms with Gasteiger partial charge in [-0.2, -0.15) is 0 Å². The van der Waals surface area contributed by atoms with Crippen LogP contribution >= 0.6 is 0 Å². The second-order valence-corrected chi connectivity index (χ2v) is 10.3. The highest BCUT2D eigenvalue weighted by Crippen LogP contribution is 2.61. The van der Waals surface area contributed by atoms with Crippen molar-refractivity contribution < 1.29 is 24.5 Å². The molecule has 1 heterocycles. The molecule has 2 aliphatic carbocycles. The normalized spacial score (nSPS) is 38.6. The van der Waals surface area contributed by atoms with Gasteiger partial charge in [-0.3, -0.25) is 0 Å². The molecule has 0 aromatic heterocycles. The number of carbonyl (C=O) groups excluding carboxylic acids is 1. The van der Waals surface area contributed by atoms with Gasteiger partial charge in [0.2, 0.25) is 0 Å². The first-order chi connectivity index (χ1) is 15.3. The summed E-state index contributed by atoms with van der Waals surface area (Å²) in [7, 11) is 0. The summed E-state index contributed by atoms with van der Waals surface area (Å²) in [5.41, 5.74) is 2.27. The number of cyclic esters (lactones) is 1. The van der Waals surface area contributed by atoms with Gasteiger partial charge in [-0.05, 0) is 54.9 Å². The molecule has 174 valence electrons. The summed E-state index contributed by atoms with van der Waals surface area (Å²) in [6.07, 6.45) is 5.22. The molecule has 3 fully saturated rings. The number of allylic oxidation sites excluding steroid dienone is 2. The van der Waals surface area contributed by atoms with E-state index in [2.05, 4.69) is 13.5 Å². The van der Waals surface area contributed by atoms with Crippen molar-refractivity contribution in [3.63, 3.8) is 0 Å². The molecule has 1 unspecified atom stereocenters. The van der Waals surface area contributed by atoms with Gasteiger partial charge in [0.05, 0.1) is 24.9 Å². The van der Waals surface area contributed by atoms with Crippen LogP contribution in [0.2, 0.25) is 0 Å². The molecule has 5 nitrogen and oxygen atoms in total. The van der Waals surface area contributed by atoms with Gasteiger partial charge in [0, 0.05) is 5.41 Å². The quantitative estimate of drug-likeness (QED) is 0.394. The van der Waals surface area contributed by atoms with E-state index in [4.69, 9.17) is 9.47 Å². The topological polar surface area (TPSA) is 76.0 Å². The minimum atomic E-state index is -0.507. The van der Waals surface area contributed by atoms with Crippen LogP contribution in [-0.2, 0) is 20.9 Å². The number of hydrogen-bond donors (Lipinski definition) is 2. The third-order valence-corrected chi connectivity index (χ3v) is 8.51. The number of rotatable bonds is 6. The molecule has 1 aromatic rings. The molecule has 0 amide bonds. The van der Waals surface area contributed by atoms with Gasteiger partial charge in [0.25, 0.3) is 0 Å². The van der Waals surface area contributed by atoms with Crippen LogP contribution in [0.4, 0.5) is 0 Å². The van der Waals surface area contributed by atoms with E-state index in [0.29, 0.717) is 25.0 Å². The third-order valence-electron chi connectivity index (χ3n) is 8.51. The summed E-state index contributed by atoms with van der Waals surface area (Å²) in [6, 6.07) is 9.92. The van der Waals surface area contributed by atoms with E-state index in [0.717, 1.165) is 24.8 Å². The van der Waals surface area contributed by atoms with Crippen molar-refractivity contribution in [1.82, 2.24) is 0 Å². The number of fused-ring (bicyclic) bond motifs is 1. The number of aliphatic hydroxyl groups excluding tert-OH is 2. The molecule has 5 heteroatoms. The van der Waals surface area contributed by atoms with Crippen LogP contribution in [0.25, 0.3) is 0 Å². The second-order valence-electron chi connectivity index (χ2n) is 10.3. The van der Waals surface area contributed by atoms with Gasteiger partial charge in [-0.1, -0.05) is 62.4 Å². The average Bonchev–Trinajstić information content (AvgIpc) is 3.14. The zero-order valence-electron chi connectivity index (χ0n) is 19.3. The Morgan fingerprint density at radius 3 is 2.72 bits per heavy atom. The predicted molar refractivity (Wildman–Crippen MR) is 123 cm³/mol. The lowest BCUT2D eigenvalue weighted by atomic mass is 9.46. The first-order valence-electron chi connectivity index (χ1n) is 11.8. The number of carbonyl (C=O) groups is 1. The molecule has 0 spiro atoms. The molecule has 0 radical (unpaired) electrons. The lowest BCUT2D eigenvalue weighted by molar-refractivity contribution is -0.151. The van der Waals surface area contributed by atoms with E-state index < -0.39 is 11.5 Å². The molecule has 1 aromatic carbocycles. The molecule has 1 saturated heterocycles. The van der Waals surface area contributed by atoms with E-state index in [1.165, 1.54) is 5.57 Å². The standard InChI is InChI=1S/C27H36O5/c1-18-9-12-23-26(2,14-13-24(29)27(23,3)17-28)21(18)11-10-20-22(16-32-25(20)30)31-15-19-7-5-4-6-8-19/h4-8,10,21-24,28-29H,1,9,11-17H2,2-3H3/b20-10+/t21-,22+,23?,24+,26+,27-/m0/s1. The smallest absolute Gasteiger partial charge is 0.336 e. The summed E-state index contributed by atoms with van der Waals surface area (Å²) in [6.45, 7) is 9.34. The number of hydrogen-bond acceptors (Lipinski definition) is 5. The molecule has 0 bridgehead atoms. The SMILES string of the molecule is C=C1CCC2[C@](C)(CO)[C@H](O)CC[C@]2(C)[C@H]1C/C=C1/C(=O)OC[C@H]1OCc1ccccc1. The van der Waals surface area contributed by atoms with Crippen molar-refractivity contribution in [2.24, 2.45) is 22.7 Å². The Labute approximate surface area is 191 Å². The van der Waals surface area contributed by atoms with E-state index in [1.807, 2.05) is 43.3 Å². The van der Waals surface area contributed by atoms with Gasteiger partial charge < -0.3 is 19.7 Å². The van der Waals surface area contributed by atoms with Crippen LogP contribution in [0, 0.1) is 22.7 Å². The third kappa shape index (κ3) is 4.07. The molecule has 6 atom stereocenters. The van der Waals surface area contributed by atoms with Crippen LogP contribution in [0.15, 0.2) is 54.1 Å². The van der Waals surface area contributed by atoms with Gasteiger partial charge >= 0.3 is 5.97 Å². The van der Waals surface area contributed by atoms with Gasteiger partial charge in [-0.15, -0.1) is 0 Å². The lowest BCUT2D eigenvalue weighted by Gasteiger charge is -2.59. The molecule has 32 heavy (non-hydrogen) atoms. The molecule has 2 saturated carbocycles. The van der Waals surface area contributed by atoms with E-state index >= 15 is 0 Å². The van der Waals surface area contributed by atoms with Gasteiger partial charge in [0.15, 0.2) is 0 Å². The minimum Gasteiger partial charge on any atom is -0.459 e. The number of aliphatic hydroxyl groups is 2. The fraction of sp³-hybridized carbons (Fsp3) is 0.593. The Morgan fingerprint density at radius 2 is 2.00 bits per heavy atom. The molecule has 1 aliphatic heterocycles. The highest BCUT2D eigenvalue weighted by molar-refractivity contribution is 5.91. The average molecular weight is 441 g/mol. The molecular formula is C27H36O5. The Morgan fingerprint density at radius 1 is 1.25 bits per heavy atom. The van der Waals surface area contributed by atoms with Gasteiger partial charge in [-0.25, -0.2) is 4.79 Å². The Kier molecular flexibility index (Phi) is 6.62. The fourth-order valence-electron chi connectivity index (χ4n) is 6.46. The van der Waals surface area contributed by atoms with Crippen LogP contribution in [-0.4, -0.2) is 41.6 Å². The largest absolute Gasteiger partial charge is 0.459 e. The van der Waals surface area contributed by atoms with E-state index in [9.17, 15) is 15.0 Å². The van der Waals surface area contributed by atoms with E-state index in [-0.39, 0.29) is 42.5 Å². The molecule has 2 N–H and O–H groups in total. The second kappa shape index (κ2) is 9.12. The van der Waals surface area contributed by atoms with Crippen molar-refractivity contribution in [1.29, 1.82) is 0 Å². The van der Waals surface area contributed by atoms with Crippen molar-refractivity contribution in [3.8, 4) is 0 Å². The lowest BCUT2D eigenvalue weighted by Crippen LogP contribution is -2.57. The minimum absolute atomic E-state index is 0.0174. The van der Waals surface area contributed by atoms with Crippen molar-refractivity contribution in [3.05, 3.63) is 59.7 Å². The molecule has 3 aliphatic rings. The van der Waals surface area contributed by atoms with Crippen LogP contribution in [0.5, 0.6) is 0 Å². The fourth-order valence-corrected chi connectivity index (χ4v) is 6.46. The van der Waals surface area contributed by atoms with Crippen molar-refractivity contribution in [2.45, 2.75) is 64.8 Å². The Bertz CT molecular complexity index is 877. The maximum Gasteiger partial charge on any atom is 0.336 e. The van der Waals surface area contributed by atoms with Gasteiger partial charge in [0.1, 0.15) is 12.7 Å². The monoisotopic (exact) mass is 440 g/mol. The zero-order valence-corrected chi connectivity index (χ0v) is 19.3. The number of ether oxygens (including phenoxy) is 2. The maximum absolute atomic E-state index is 12.4. The maximum atomic E-state index is 12.4.